The van der Waals surface area contributed by atoms with Gasteiger partial charge in [-0.05, 0) is 163 Å². The Bertz CT molecular complexity index is 5050. The van der Waals surface area contributed by atoms with E-state index in [2.05, 4.69) is 249 Å². The van der Waals surface area contributed by atoms with Crippen LogP contribution in [0.1, 0.15) is 178 Å². The van der Waals surface area contributed by atoms with Gasteiger partial charge in [-0.1, -0.05) is 194 Å². The highest BCUT2D eigenvalue weighted by Gasteiger charge is 2.27. The average Bonchev–Trinajstić information content (AvgIpc) is 1.60. The number of fused-ring (bicyclic) bond motifs is 16. The van der Waals surface area contributed by atoms with Crippen molar-refractivity contribution in [2.75, 3.05) is 0 Å². The minimum atomic E-state index is -0.420. The molecular weight excluding hydrogens is 1210 g/mol. The smallest absolute Gasteiger partial charge is 0.311 e. The molecule has 6 aromatic heterocycles. The summed E-state index contributed by atoms with van der Waals surface area (Å²) in [4.78, 5) is 65.2. The van der Waals surface area contributed by atoms with Gasteiger partial charge in [0.05, 0.1) is 45.2 Å². The van der Waals surface area contributed by atoms with Crippen LogP contribution in [-0.2, 0) is 31.2 Å². The number of hydrogen-bond acceptors (Lipinski definition) is 8. The molecule has 4 aliphatic heterocycles. The molecule has 16 bridgehead atoms. The molecule has 98 heavy (non-hydrogen) atoms. The fourth-order valence-electron chi connectivity index (χ4n) is 13.2. The van der Waals surface area contributed by atoms with Crippen molar-refractivity contribution in [3.8, 4) is 67.1 Å². The second-order valence-corrected chi connectivity index (χ2v) is 29.9. The number of esters is 2. The van der Waals surface area contributed by atoms with Gasteiger partial charge in [0, 0.05) is 79.3 Å². The molecule has 0 amide bonds. The molecule has 12 nitrogen and oxygen atoms in total. The Balaban J connectivity index is 1.14. The van der Waals surface area contributed by atoms with Gasteiger partial charge in [-0.3, -0.25) is 9.59 Å². The molecule has 12 heteroatoms. The van der Waals surface area contributed by atoms with E-state index in [0.29, 0.717) is 67.4 Å². The summed E-state index contributed by atoms with van der Waals surface area (Å²) in [6, 6.07) is 51.4. The summed E-state index contributed by atoms with van der Waals surface area (Å²) in [5, 5.41) is 0. The molecule has 0 spiro atoms. The van der Waals surface area contributed by atoms with Crippen molar-refractivity contribution in [2.45, 2.75) is 131 Å². The molecule has 10 aromatic rings. The number of nitrogens with zero attached hydrogens (tertiary/aromatic N) is 4. The van der Waals surface area contributed by atoms with E-state index in [1.54, 1.807) is 13.8 Å². The average molecular weight is 1290 g/mol. The summed E-state index contributed by atoms with van der Waals surface area (Å²) >= 11 is 0. The van der Waals surface area contributed by atoms with Crippen LogP contribution in [0.15, 0.2) is 146 Å². The van der Waals surface area contributed by atoms with E-state index in [1.807, 2.05) is 48.6 Å². The van der Waals surface area contributed by atoms with Gasteiger partial charge in [0.1, 0.15) is 11.4 Å². The van der Waals surface area contributed by atoms with Gasteiger partial charge in [-0.25, -0.2) is 19.9 Å². The van der Waals surface area contributed by atoms with Gasteiger partial charge in [0.2, 0.25) is 0 Å². The summed E-state index contributed by atoms with van der Waals surface area (Å²) in [7, 11) is 0. The zero-order chi connectivity index (χ0) is 68.7. The van der Waals surface area contributed by atoms with Crippen molar-refractivity contribution >= 4 is 105 Å². The number of hydrogen-bond donors (Lipinski definition) is 4. The van der Waals surface area contributed by atoms with E-state index in [9.17, 15) is 9.59 Å². The number of aromatic nitrogens is 8. The number of H-pyrrole nitrogens is 4. The van der Waals surface area contributed by atoms with Crippen LogP contribution in [0.5, 0.6) is 11.5 Å². The Kier molecular flexibility index (Phi) is 16.1. The summed E-state index contributed by atoms with van der Waals surface area (Å²) in [5.41, 5.74) is 24.0. The van der Waals surface area contributed by atoms with Crippen LogP contribution in [0, 0.1) is 0 Å². The molecule has 490 valence electrons. The third-order valence-electron chi connectivity index (χ3n) is 18.8. The quantitative estimate of drug-likeness (QED) is 0.104. The molecule has 0 saturated carbocycles. The highest BCUT2D eigenvalue weighted by Crippen LogP contribution is 2.44. The van der Waals surface area contributed by atoms with Crippen LogP contribution < -0.4 is 9.47 Å². The number of carbonyl (C=O) groups is 2. The van der Waals surface area contributed by atoms with Crippen molar-refractivity contribution in [1.29, 1.82) is 0 Å². The van der Waals surface area contributed by atoms with Crippen LogP contribution in [-0.4, -0.2) is 51.8 Å². The second-order valence-electron chi connectivity index (χ2n) is 29.9. The Morgan fingerprint density at radius 2 is 0.469 bits per heavy atom. The maximum atomic E-state index is 13.8. The van der Waals surface area contributed by atoms with Gasteiger partial charge < -0.3 is 29.4 Å². The first-order chi connectivity index (χ1) is 46.8. The minimum absolute atomic E-state index is 0.0673. The van der Waals surface area contributed by atoms with Crippen molar-refractivity contribution < 1.29 is 19.1 Å². The van der Waals surface area contributed by atoms with E-state index in [1.165, 1.54) is 22.3 Å². The monoisotopic (exact) mass is 1290 g/mol. The van der Waals surface area contributed by atoms with Crippen LogP contribution in [0.3, 0.4) is 0 Å². The summed E-state index contributed by atoms with van der Waals surface area (Å²) in [6.07, 6.45) is 16.4. The molecule has 0 unspecified atom stereocenters. The molecule has 4 N–H and O–H groups in total. The van der Waals surface area contributed by atoms with Gasteiger partial charge in [0.15, 0.2) is 11.5 Å². The fourth-order valence-corrected chi connectivity index (χ4v) is 13.2. The first kappa shape index (κ1) is 64.4. The number of nitrogens with one attached hydrogen (secondary N) is 4. The Hall–Kier alpha value is -11.0. The lowest BCUT2D eigenvalue weighted by Gasteiger charge is -2.19. The maximum Gasteiger partial charge on any atom is 0.311 e. The van der Waals surface area contributed by atoms with Crippen LogP contribution in [0.4, 0.5) is 0 Å². The van der Waals surface area contributed by atoms with Gasteiger partial charge in [-0.2, -0.15) is 0 Å². The molecule has 0 saturated heterocycles. The summed E-state index contributed by atoms with van der Waals surface area (Å²) < 4.78 is 12.8. The Morgan fingerprint density at radius 3 is 0.704 bits per heavy atom. The number of benzene rings is 4. The normalized spacial score (nSPS) is 13.0. The van der Waals surface area contributed by atoms with Crippen LogP contribution >= 0.6 is 0 Å². The van der Waals surface area contributed by atoms with Crippen LogP contribution in [0.2, 0.25) is 0 Å². The van der Waals surface area contributed by atoms with Crippen molar-refractivity contribution in [3.05, 3.63) is 213 Å². The van der Waals surface area contributed by atoms with Crippen molar-refractivity contribution in [1.82, 2.24) is 39.9 Å². The lowest BCUT2D eigenvalue weighted by molar-refractivity contribution is -0.134. The Morgan fingerprint density at radius 1 is 0.276 bits per heavy atom. The van der Waals surface area contributed by atoms with Gasteiger partial charge in [0.25, 0.3) is 0 Å². The van der Waals surface area contributed by atoms with Gasteiger partial charge >= 0.3 is 11.9 Å². The minimum Gasteiger partial charge on any atom is -0.422 e. The number of carbonyl (C=O) groups excluding carboxylic acids is 2. The summed E-state index contributed by atoms with van der Waals surface area (Å²) in [5.74, 6) is -0.308. The SMILES string of the molecule is CCC(=O)Oc1c2nc(c(-c3ccc(C(C)(C)C)cc3)c3ccc([nH]3)c(-c3ccc(C(C)(C)C)cc3)c3nc(c(-c4c5nc(c(-c6ccc(C(C)(C)C)cc6)c6ccc([nH]6)c(-c6ccc(C(C)(C)C)cc6)c6nc(c(OC(=O)CC)c7ccc4[nH]7)C=C6)C=C5)c4ccc1[nH]4)C=C3)C=C2. The molecular formula is C86H82N8O4. The summed E-state index contributed by atoms with van der Waals surface area (Å²) in [6.45, 7) is 30.2. The first-order valence-electron chi connectivity index (χ1n) is 34.0. The molecule has 0 aliphatic carbocycles. The predicted molar refractivity (Wildman–Crippen MR) is 405 cm³/mol. The molecule has 14 rings (SSSR count). The molecule has 4 aromatic carbocycles. The Labute approximate surface area is 572 Å². The fraction of sp³-hybridized carbons (Fsp3) is 0.233. The number of aromatic amines is 4. The highest BCUT2D eigenvalue weighted by molar-refractivity contribution is 6.05. The zero-order valence-electron chi connectivity index (χ0n) is 58.3. The lowest BCUT2D eigenvalue weighted by atomic mass is 9.86. The zero-order valence-corrected chi connectivity index (χ0v) is 58.3. The predicted octanol–water partition coefficient (Wildman–Crippen LogP) is 21.8. The molecule has 0 fully saturated rings. The topological polar surface area (TPSA) is 167 Å². The van der Waals surface area contributed by atoms with E-state index < -0.39 is 11.9 Å². The largest absolute Gasteiger partial charge is 0.422 e. The van der Waals surface area contributed by atoms with E-state index in [0.717, 1.165) is 78.0 Å². The van der Waals surface area contributed by atoms with Crippen molar-refractivity contribution in [2.24, 2.45) is 0 Å². The van der Waals surface area contributed by atoms with E-state index in [4.69, 9.17) is 29.4 Å². The second kappa shape index (κ2) is 24.6. The maximum absolute atomic E-state index is 13.8. The number of ether oxygens (including phenoxy) is 2. The first-order valence-corrected chi connectivity index (χ1v) is 34.0. The molecule has 0 atom stereocenters. The third kappa shape index (κ3) is 12.3. The standard InChI is InChI=1S/C86H82N8O4/c1-15-73(95)97-81-69-45-41-63(91-69)77(51-21-29-55(30-22-51)85(9,10)11)59-35-33-57(87-59)75(49-17-25-53(26-18-49)83(3,4)5)61-37-39-65(89-61)79(67-43-47-71(81)93-67)80-66-40-38-62(90-66)76(50-19-27-54(28-20-50)84(6,7)8)58-34-36-60(88-58)78(52-23-31-56(32-24-52)86(12,13)14)64-42-46-70(92-64)82(98-74(96)16-2)72-48-44-68(80)94-72/h17-48,87-88,93-94H,15-16H2,1-14H3. The highest BCUT2D eigenvalue weighted by atomic mass is 16.5. The molecule has 0 radical (unpaired) electrons. The van der Waals surface area contributed by atoms with E-state index >= 15 is 0 Å². The van der Waals surface area contributed by atoms with Crippen molar-refractivity contribution in [3.63, 3.8) is 0 Å². The molecule has 4 aliphatic rings. The lowest BCUT2D eigenvalue weighted by Crippen LogP contribution is -2.10. The van der Waals surface area contributed by atoms with E-state index in [-0.39, 0.29) is 46.0 Å². The van der Waals surface area contributed by atoms with Crippen LogP contribution in [0.25, 0.3) is 148 Å². The third-order valence-corrected chi connectivity index (χ3v) is 18.8. The molecule has 10 heterocycles. The number of rotatable bonds is 9. The van der Waals surface area contributed by atoms with Gasteiger partial charge in [-0.15, -0.1) is 0 Å².